The van der Waals surface area contributed by atoms with Crippen LogP contribution in [0, 0.1) is 6.92 Å². The molecule has 0 aliphatic carbocycles. The Bertz CT molecular complexity index is 1320. The molecule has 0 bridgehead atoms. The highest BCUT2D eigenvalue weighted by atomic mass is 32.2. The fourth-order valence-electron chi connectivity index (χ4n) is 3.72. The molecule has 7 heteroatoms. The molecule has 3 aromatic carbocycles. The highest BCUT2D eigenvalue weighted by Crippen LogP contribution is 2.32. The molecule has 1 amide bonds. The van der Waals surface area contributed by atoms with Crippen molar-refractivity contribution < 1.29 is 4.79 Å². The highest BCUT2D eigenvalue weighted by Gasteiger charge is 2.34. The number of amides is 1. The lowest BCUT2D eigenvalue weighted by Gasteiger charge is -2.34. The minimum Gasteiger partial charge on any atom is -0.298 e. The summed E-state index contributed by atoms with van der Waals surface area (Å²) in [6.07, 6.45) is 1.66. The minimum atomic E-state index is -0.392. The van der Waals surface area contributed by atoms with Crippen molar-refractivity contribution in [2.45, 2.75) is 23.7 Å². The molecule has 160 valence electrons. The number of nitrogens with zero attached hydrogens (tertiary/aromatic N) is 3. The molecule has 0 unspecified atom stereocenters. The first-order chi connectivity index (χ1) is 15.6. The topological polar surface area (TPSA) is 57.1 Å². The molecular formula is C25H22N4OS2. The van der Waals surface area contributed by atoms with E-state index in [1.807, 2.05) is 24.3 Å². The van der Waals surface area contributed by atoms with Crippen molar-refractivity contribution in [1.82, 2.24) is 10.3 Å². The summed E-state index contributed by atoms with van der Waals surface area (Å²) in [5.41, 5.74) is 3.95. The molecule has 0 saturated heterocycles. The van der Waals surface area contributed by atoms with Crippen LogP contribution >= 0.6 is 23.5 Å². The van der Waals surface area contributed by atoms with Crippen molar-refractivity contribution >= 4 is 40.3 Å². The number of aryl methyl sites for hydroxylation is 1. The van der Waals surface area contributed by atoms with E-state index in [1.54, 1.807) is 16.8 Å². The molecule has 1 N–H and O–H groups in total. The highest BCUT2D eigenvalue weighted by molar-refractivity contribution is 8.13. The Kier molecular flexibility index (Phi) is 5.76. The number of amidine groups is 1. The van der Waals surface area contributed by atoms with Crippen LogP contribution in [-0.2, 0) is 10.5 Å². The number of para-hydroxylation sites is 1. The van der Waals surface area contributed by atoms with Gasteiger partial charge in [0.25, 0.3) is 5.91 Å². The number of carbonyl (C=O) groups excluding carboxylic acids is 1. The van der Waals surface area contributed by atoms with Crippen LogP contribution in [0.1, 0.15) is 22.9 Å². The van der Waals surface area contributed by atoms with Crippen molar-refractivity contribution in [3.05, 3.63) is 100 Å². The van der Waals surface area contributed by atoms with Crippen LogP contribution in [-0.4, -0.2) is 22.3 Å². The Balaban J connectivity index is 1.53. The molecule has 0 aromatic heterocycles. The number of fused-ring (bicyclic) bond motifs is 2. The van der Waals surface area contributed by atoms with Gasteiger partial charge in [-0.25, -0.2) is 5.01 Å². The standard InChI is InChI=1S/C25H22N4OS2/c1-16-7-9-17(10-8-16)15-32-25-27-24(30)22-20-5-3-4-6-21(20)26-23(29(22)28-25)18-11-13-19(31-2)14-12-18/h3-14,23H,15H2,1-2H3,(H,27,28,30)/t23-/m0/s1. The van der Waals surface area contributed by atoms with Crippen molar-refractivity contribution in [3.63, 3.8) is 0 Å². The van der Waals surface area contributed by atoms with Crippen LogP contribution in [0.4, 0.5) is 0 Å². The zero-order chi connectivity index (χ0) is 22.1. The van der Waals surface area contributed by atoms with Crippen molar-refractivity contribution in [2.24, 2.45) is 10.1 Å². The lowest BCUT2D eigenvalue weighted by atomic mass is 10.1. The smallest absolute Gasteiger partial charge is 0.276 e. The molecule has 2 aliphatic heterocycles. The second kappa shape index (κ2) is 8.84. The fraction of sp³-hybridized carbons (Fsp3) is 0.160. The molecule has 2 aliphatic rings. The van der Waals surface area contributed by atoms with Crippen molar-refractivity contribution in [1.29, 1.82) is 0 Å². The SMILES string of the molecule is CSc1ccc([C@H]2N=c3ccccc3=C3C(=O)NC(SCc4ccc(C)cc4)=NN32)cc1. The molecule has 5 nitrogen and oxygen atoms in total. The normalized spacial score (nSPS) is 17.1. The van der Waals surface area contributed by atoms with Crippen LogP contribution in [0.3, 0.4) is 0 Å². The van der Waals surface area contributed by atoms with Crippen molar-refractivity contribution in [3.8, 4) is 0 Å². The summed E-state index contributed by atoms with van der Waals surface area (Å²) in [7, 11) is 0. The molecule has 0 fully saturated rings. The minimum absolute atomic E-state index is 0.153. The van der Waals surface area contributed by atoms with Gasteiger partial charge >= 0.3 is 0 Å². The van der Waals surface area contributed by atoms with Gasteiger partial charge in [0.15, 0.2) is 11.3 Å². The summed E-state index contributed by atoms with van der Waals surface area (Å²) in [5, 5.41) is 11.8. The average molecular weight is 459 g/mol. The van der Waals surface area contributed by atoms with E-state index in [-0.39, 0.29) is 5.91 Å². The van der Waals surface area contributed by atoms with E-state index in [0.29, 0.717) is 10.9 Å². The van der Waals surface area contributed by atoms with E-state index >= 15 is 0 Å². The number of thioether (sulfide) groups is 2. The van der Waals surface area contributed by atoms with Crippen molar-refractivity contribution in [2.75, 3.05) is 6.26 Å². The van der Waals surface area contributed by atoms with Crippen LogP contribution < -0.4 is 15.9 Å². The Morgan fingerprint density at radius 1 is 1.00 bits per heavy atom. The quantitative estimate of drug-likeness (QED) is 0.605. The van der Waals surface area contributed by atoms with Crippen LogP contribution in [0.15, 0.2) is 87.8 Å². The van der Waals surface area contributed by atoms with Crippen LogP contribution in [0.2, 0.25) is 0 Å². The molecule has 0 saturated carbocycles. The van der Waals surface area contributed by atoms with Gasteiger partial charge in [-0.1, -0.05) is 71.9 Å². The Labute approximate surface area is 195 Å². The molecule has 5 rings (SSSR count). The summed E-state index contributed by atoms with van der Waals surface area (Å²) in [5.74, 6) is 0.572. The van der Waals surface area contributed by atoms with E-state index in [4.69, 9.17) is 10.1 Å². The average Bonchev–Trinajstić information content (AvgIpc) is 2.83. The molecular weight excluding hydrogens is 436 g/mol. The second-order valence-electron chi connectivity index (χ2n) is 7.62. The van der Waals surface area contributed by atoms with Gasteiger partial charge in [0.05, 0.1) is 5.36 Å². The predicted octanol–water partition coefficient (Wildman–Crippen LogP) is 3.79. The third kappa shape index (κ3) is 4.06. The molecule has 3 aromatic rings. The maximum absolute atomic E-state index is 13.2. The number of rotatable bonds is 4. The van der Waals surface area contributed by atoms with Crippen LogP contribution in [0.5, 0.6) is 0 Å². The van der Waals surface area contributed by atoms with Gasteiger partial charge < -0.3 is 0 Å². The summed E-state index contributed by atoms with van der Waals surface area (Å²) in [6.45, 7) is 2.07. The van der Waals surface area contributed by atoms with E-state index in [2.05, 4.69) is 67.0 Å². The zero-order valence-corrected chi connectivity index (χ0v) is 19.4. The number of hydrazone groups is 1. The molecule has 1 atom stereocenters. The van der Waals surface area contributed by atoms with Gasteiger partial charge in [-0.3, -0.25) is 15.1 Å². The van der Waals surface area contributed by atoms with Crippen LogP contribution in [0.25, 0.3) is 5.70 Å². The third-order valence-corrected chi connectivity index (χ3v) is 7.10. The van der Waals surface area contributed by atoms with E-state index in [1.165, 1.54) is 27.8 Å². The van der Waals surface area contributed by atoms with Gasteiger partial charge in [0, 0.05) is 15.9 Å². The lowest BCUT2D eigenvalue weighted by Crippen LogP contribution is -2.50. The predicted molar refractivity (Wildman–Crippen MR) is 131 cm³/mol. The first-order valence-electron chi connectivity index (χ1n) is 10.3. The fourth-order valence-corrected chi connectivity index (χ4v) is 4.94. The first kappa shape index (κ1) is 20.8. The largest absolute Gasteiger partial charge is 0.298 e. The number of carbonyl (C=O) groups is 1. The van der Waals surface area contributed by atoms with E-state index in [0.717, 1.165) is 21.9 Å². The summed E-state index contributed by atoms with van der Waals surface area (Å²) in [6, 6.07) is 24.4. The van der Waals surface area contributed by atoms with E-state index in [9.17, 15) is 4.79 Å². The molecule has 0 radical (unpaired) electrons. The van der Waals surface area contributed by atoms with Gasteiger partial charge in [0.2, 0.25) is 0 Å². The molecule has 2 heterocycles. The number of benzene rings is 3. The van der Waals surface area contributed by atoms with Gasteiger partial charge in [-0.15, -0.1) is 16.9 Å². The Morgan fingerprint density at radius 2 is 1.75 bits per heavy atom. The van der Waals surface area contributed by atoms with Gasteiger partial charge in [0.1, 0.15) is 5.70 Å². The molecule has 32 heavy (non-hydrogen) atoms. The lowest BCUT2D eigenvalue weighted by molar-refractivity contribution is -0.116. The third-order valence-electron chi connectivity index (χ3n) is 5.43. The summed E-state index contributed by atoms with van der Waals surface area (Å²) in [4.78, 5) is 19.3. The monoisotopic (exact) mass is 458 g/mol. The van der Waals surface area contributed by atoms with E-state index < -0.39 is 6.17 Å². The maximum atomic E-state index is 13.2. The zero-order valence-electron chi connectivity index (χ0n) is 17.8. The summed E-state index contributed by atoms with van der Waals surface area (Å²) < 4.78 is 0. The first-order valence-corrected chi connectivity index (χ1v) is 12.5. The number of hydrogen-bond donors (Lipinski definition) is 1. The molecule has 0 spiro atoms. The maximum Gasteiger partial charge on any atom is 0.276 e. The Hall–Kier alpha value is -3.03. The van der Waals surface area contributed by atoms with Gasteiger partial charge in [-0.2, -0.15) is 0 Å². The van der Waals surface area contributed by atoms with Gasteiger partial charge in [-0.05, 0) is 42.5 Å². The second-order valence-corrected chi connectivity index (χ2v) is 9.46. The number of hydrogen-bond acceptors (Lipinski definition) is 6. The summed E-state index contributed by atoms with van der Waals surface area (Å²) >= 11 is 3.22. The Morgan fingerprint density at radius 3 is 2.50 bits per heavy atom. The number of nitrogens with one attached hydrogen (secondary N) is 1.